The zero-order valence-corrected chi connectivity index (χ0v) is 16.8. The molecule has 1 aromatic heterocycles. The van der Waals surface area contributed by atoms with Crippen LogP contribution in [0.4, 0.5) is 15.9 Å². The fraction of sp³-hybridized carbons (Fsp3) is 0.476. The summed E-state index contributed by atoms with van der Waals surface area (Å²) in [6.45, 7) is 9.31. The molecule has 1 aromatic carbocycles. The van der Waals surface area contributed by atoms with Crippen LogP contribution >= 0.6 is 0 Å². The first-order chi connectivity index (χ1) is 14.2. The Balaban J connectivity index is 1.34. The second kappa shape index (κ2) is 8.73. The van der Waals surface area contributed by atoms with Crippen molar-refractivity contribution in [3.05, 3.63) is 47.9 Å². The van der Waals surface area contributed by atoms with Crippen molar-refractivity contribution in [1.29, 1.82) is 0 Å². The number of benzene rings is 1. The number of likely N-dealkylation sites (N-methyl/N-ethyl adjacent to an activating group) is 1. The monoisotopic (exact) mass is 398 g/mol. The van der Waals surface area contributed by atoms with Gasteiger partial charge in [-0.25, -0.2) is 4.39 Å². The molecule has 0 spiro atoms. The summed E-state index contributed by atoms with van der Waals surface area (Å²) in [5.41, 5.74) is 1.03. The van der Waals surface area contributed by atoms with Crippen LogP contribution in [0.2, 0.25) is 0 Å². The zero-order valence-electron chi connectivity index (χ0n) is 16.8. The first-order valence-electron chi connectivity index (χ1n) is 10.3. The standard InChI is InChI=1S/C21H27FN6O/c1-2-25-9-11-28(12-10-25)21(29)18-7-8-20(24-23-18)27-15-13-26(14-16-27)19-6-4-3-5-17(19)22/h3-8H,2,9-16H2,1H3. The summed E-state index contributed by atoms with van der Waals surface area (Å²) in [6.07, 6.45) is 0. The number of halogens is 1. The second-order valence-electron chi connectivity index (χ2n) is 7.43. The van der Waals surface area contributed by atoms with Crippen LogP contribution in [-0.2, 0) is 0 Å². The molecule has 0 radical (unpaired) electrons. The van der Waals surface area contributed by atoms with E-state index in [1.165, 1.54) is 6.07 Å². The Hall–Kier alpha value is -2.74. The molecular formula is C21H27FN6O. The number of aromatic nitrogens is 2. The lowest BCUT2D eigenvalue weighted by atomic mass is 10.2. The van der Waals surface area contributed by atoms with Crippen LogP contribution in [0.5, 0.6) is 0 Å². The molecule has 1 amide bonds. The van der Waals surface area contributed by atoms with Gasteiger partial charge in [-0.05, 0) is 30.8 Å². The summed E-state index contributed by atoms with van der Waals surface area (Å²) in [7, 11) is 0. The molecule has 154 valence electrons. The van der Waals surface area contributed by atoms with Crippen molar-refractivity contribution in [2.45, 2.75) is 6.92 Å². The number of para-hydroxylation sites is 1. The Labute approximate surface area is 170 Å². The summed E-state index contributed by atoms with van der Waals surface area (Å²) in [6, 6.07) is 10.5. The predicted molar refractivity (Wildman–Crippen MR) is 111 cm³/mol. The first-order valence-corrected chi connectivity index (χ1v) is 10.3. The average molecular weight is 398 g/mol. The van der Waals surface area contributed by atoms with Crippen molar-refractivity contribution in [2.75, 3.05) is 68.7 Å². The second-order valence-corrected chi connectivity index (χ2v) is 7.43. The number of anilines is 2. The van der Waals surface area contributed by atoms with Crippen molar-refractivity contribution < 1.29 is 9.18 Å². The Kier molecular flexibility index (Phi) is 5.89. The van der Waals surface area contributed by atoms with Crippen LogP contribution < -0.4 is 9.80 Å². The van der Waals surface area contributed by atoms with E-state index in [2.05, 4.69) is 26.9 Å². The molecule has 2 aromatic rings. The number of hydrogen-bond acceptors (Lipinski definition) is 6. The highest BCUT2D eigenvalue weighted by Crippen LogP contribution is 2.22. The fourth-order valence-electron chi connectivity index (χ4n) is 3.92. The summed E-state index contributed by atoms with van der Waals surface area (Å²) in [4.78, 5) is 21.0. The maximum absolute atomic E-state index is 14.0. The number of nitrogens with zero attached hydrogens (tertiary/aromatic N) is 6. The van der Waals surface area contributed by atoms with Gasteiger partial charge in [0.05, 0.1) is 5.69 Å². The minimum atomic E-state index is -0.191. The molecule has 29 heavy (non-hydrogen) atoms. The van der Waals surface area contributed by atoms with E-state index in [-0.39, 0.29) is 11.7 Å². The van der Waals surface area contributed by atoms with E-state index in [1.54, 1.807) is 12.1 Å². The largest absolute Gasteiger partial charge is 0.366 e. The third kappa shape index (κ3) is 4.32. The summed E-state index contributed by atoms with van der Waals surface area (Å²) in [5.74, 6) is 0.512. The van der Waals surface area contributed by atoms with Gasteiger partial charge < -0.3 is 19.6 Å². The minimum Gasteiger partial charge on any atom is -0.366 e. The van der Waals surface area contributed by atoms with E-state index in [1.807, 2.05) is 28.0 Å². The SMILES string of the molecule is CCN1CCN(C(=O)c2ccc(N3CCN(c4ccccc4F)CC3)nn2)CC1. The molecule has 2 aliphatic rings. The van der Waals surface area contributed by atoms with Gasteiger partial charge in [-0.15, -0.1) is 10.2 Å². The van der Waals surface area contributed by atoms with Gasteiger partial charge in [0.1, 0.15) is 5.82 Å². The van der Waals surface area contributed by atoms with Crippen molar-refractivity contribution in [2.24, 2.45) is 0 Å². The van der Waals surface area contributed by atoms with Crippen molar-refractivity contribution in [1.82, 2.24) is 20.0 Å². The van der Waals surface area contributed by atoms with Gasteiger partial charge in [-0.2, -0.15) is 0 Å². The molecule has 4 rings (SSSR count). The number of rotatable bonds is 4. The van der Waals surface area contributed by atoms with E-state index < -0.39 is 0 Å². The Morgan fingerprint density at radius 1 is 0.897 bits per heavy atom. The highest BCUT2D eigenvalue weighted by Gasteiger charge is 2.24. The lowest BCUT2D eigenvalue weighted by Gasteiger charge is -2.36. The average Bonchev–Trinajstić information content (AvgIpc) is 2.79. The lowest BCUT2D eigenvalue weighted by molar-refractivity contribution is 0.0636. The highest BCUT2D eigenvalue weighted by atomic mass is 19.1. The van der Waals surface area contributed by atoms with Crippen molar-refractivity contribution in [3.63, 3.8) is 0 Å². The van der Waals surface area contributed by atoms with Gasteiger partial charge in [0, 0.05) is 52.4 Å². The van der Waals surface area contributed by atoms with Crippen LogP contribution in [0.15, 0.2) is 36.4 Å². The fourth-order valence-corrected chi connectivity index (χ4v) is 3.92. The third-order valence-corrected chi connectivity index (χ3v) is 5.77. The Bertz CT molecular complexity index is 829. The molecule has 8 heteroatoms. The van der Waals surface area contributed by atoms with Crippen LogP contribution in [0.3, 0.4) is 0 Å². The maximum Gasteiger partial charge on any atom is 0.274 e. The first kappa shape index (κ1) is 19.6. The normalized spacial score (nSPS) is 18.2. The molecule has 0 bridgehead atoms. The predicted octanol–water partition coefficient (Wildman–Crippen LogP) is 1.72. The molecule has 2 fully saturated rings. The number of carbonyl (C=O) groups excluding carboxylic acids is 1. The van der Waals surface area contributed by atoms with E-state index in [0.717, 1.165) is 51.6 Å². The molecular weight excluding hydrogens is 371 g/mol. The van der Waals surface area contributed by atoms with E-state index in [9.17, 15) is 9.18 Å². The zero-order chi connectivity index (χ0) is 20.2. The van der Waals surface area contributed by atoms with Gasteiger partial charge in [0.25, 0.3) is 5.91 Å². The summed E-state index contributed by atoms with van der Waals surface area (Å²) >= 11 is 0. The minimum absolute atomic E-state index is 0.0517. The number of piperazine rings is 2. The Morgan fingerprint density at radius 3 is 2.21 bits per heavy atom. The Morgan fingerprint density at radius 2 is 1.59 bits per heavy atom. The number of carbonyl (C=O) groups is 1. The molecule has 0 atom stereocenters. The lowest BCUT2D eigenvalue weighted by Crippen LogP contribution is -2.48. The molecule has 2 aliphatic heterocycles. The van der Waals surface area contributed by atoms with Gasteiger partial charge in [-0.1, -0.05) is 19.1 Å². The molecule has 0 aliphatic carbocycles. The molecule has 0 saturated carbocycles. The van der Waals surface area contributed by atoms with Crippen LogP contribution in [0.1, 0.15) is 17.4 Å². The van der Waals surface area contributed by atoms with E-state index >= 15 is 0 Å². The van der Waals surface area contributed by atoms with Crippen LogP contribution in [0, 0.1) is 5.82 Å². The quantitative estimate of drug-likeness (QED) is 0.782. The van der Waals surface area contributed by atoms with Gasteiger partial charge in [0.2, 0.25) is 0 Å². The summed E-state index contributed by atoms with van der Waals surface area (Å²) in [5, 5.41) is 8.48. The van der Waals surface area contributed by atoms with Crippen molar-refractivity contribution >= 4 is 17.4 Å². The maximum atomic E-state index is 14.0. The third-order valence-electron chi connectivity index (χ3n) is 5.77. The highest BCUT2D eigenvalue weighted by molar-refractivity contribution is 5.92. The number of amides is 1. The van der Waals surface area contributed by atoms with E-state index in [4.69, 9.17) is 0 Å². The molecule has 0 unspecified atom stereocenters. The van der Waals surface area contributed by atoms with Gasteiger partial charge >= 0.3 is 0 Å². The molecule has 2 saturated heterocycles. The van der Waals surface area contributed by atoms with Gasteiger partial charge in [0.15, 0.2) is 11.5 Å². The van der Waals surface area contributed by atoms with Crippen LogP contribution in [0.25, 0.3) is 0 Å². The molecule has 3 heterocycles. The van der Waals surface area contributed by atoms with E-state index in [0.29, 0.717) is 24.5 Å². The molecule has 7 nitrogen and oxygen atoms in total. The summed E-state index contributed by atoms with van der Waals surface area (Å²) < 4.78 is 14.0. The number of hydrogen-bond donors (Lipinski definition) is 0. The van der Waals surface area contributed by atoms with Crippen molar-refractivity contribution in [3.8, 4) is 0 Å². The smallest absolute Gasteiger partial charge is 0.274 e. The topological polar surface area (TPSA) is 55.8 Å². The van der Waals surface area contributed by atoms with Gasteiger partial charge in [-0.3, -0.25) is 4.79 Å². The van der Waals surface area contributed by atoms with Crippen LogP contribution in [-0.4, -0.2) is 84.8 Å². The molecule has 0 N–H and O–H groups in total.